The Kier molecular flexibility index (Phi) is 4.81. The molecule has 0 fully saturated rings. The lowest BCUT2D eigenvalue weighted by atomic mass is 9.83. The minimum atomic E-state index is 0.331. The van der Waals surface area contributed by atoms with Crippen LogP contribution in [0.3, 0.4) is 0 Å². The number of aryl methyl sites for hydroxylation is 1. The maximum Gasteiger partial charge on any atom is 0.0314 e. The first-order valence-electron chi connectivity index (χ1n) is 5.33. The molecule has 0 aromatic carbocycles. The molecule has 3 heteroatoms. The number of hydrogen-bond acceptors (Lipinski definition) is 2. The maximum absolute atomic E-state index is 3.58. The molecule has 0 bridgehead atoms. The highest BCUT2D eigenvalue weighted by Gasteiger charge is 2.22. The van der Waals surface area contributed by atoms with Gasteiger partial charge in [0.1, 0.15) is 0 Å². The Morgan fingerprint density at radius 2 is 2.07 bits per heavy atom. The van der Waals surface area contributed by atoms with Crippen LogP contribution in [0.1, 0.15) is 32.8 Å². The van der Waals surface area contributed by atoms with Crippen molar-refractivity contribution < 1.29 is 0 Å². The van der Waals surface area contributed by atoms with Crippen molar-refractivity contribution in [3.63, 3.8) is 0 Å². The third-order valence-electron chi connectivity index (χ3n) is 2.78. The van der Waals surface area contributed by atoms with E-state index in [1.807, 2.05) is 0 Å². The second kappa shape index (κ2) is 5.46. The second-order valence-corrected chi connectivity index (χ2v) is 6.59. The average Bonchev–Trinajstić information content (AvgIpc) is 2.50. The van der Waals surface area contributed by atoms with Gasteiger partial charge in [0, 0.05) is 15.9 Å². The molecule has 1 rings (SSSR count). The number of hydrogen-bond donors (Lipinski definition) is 1. The third-order valence-corrected chi connectivity index (χ3v) is 4.62. The first-order valence-corrected chi connectivity index (χ1v) is 7.06. The lowest BCUT2D eigenvalue weighted by Gasteiger charge is -2.30. The van der Waals surface area contributed by atoms with Crippen LogP contribution >= 0.6 is 27.3 Å². The fourth-order valence-electron chi connectivity index (χ4n) is 1.80. The minimum Gasteiger partial charge on any atom is -0.316 e. The standard InChI is InChI=1S/C12H20BrNS/c1-12(2,3)11(14-4)6-5-9-7-15-8-10(9)13/h7-8,11,14H,5-6H2,1-4H3. The number of halogens is 1. The summed E-state index contributed by atoms with van der Waals surface area (Å²) < 4.78 is 1.26. The van der Waals surface area contributed by atoms with Crippen molar-refractivity contribution in [2.75, 3.05) is 7.05 Å². The number of rotatable bonds is 4. The predicted molar refractivity (Wildman–Crippen MR) is 72.6 cm³/mol. The quantitative estimate of drug-likeness (QED) is 0.881. The van der Waals surface area contributed by atoms with Gasteiger partial charge in [-0.3, -0.25) is 0 Å². The lowest BCUT2D eigenvalue weighted by Crippen LogP contribution is -2.38. The van der Waals surface area contributed by atoms with E-state index >= 15 is 0 Å². The van der Waals surface area contributed by atoms with Gasteiger partial charge in [0.15, 0.2) is 0 Å². The van der Waals surface area contributed by atoms with Gasteiger partial charge in [0.25, 0.3) is 0 Å². The van der Waals surface area contributed by atoms with Gasteiger partial charge in [-0.15, -0.1) is 0 Å². The van der Waals surface area contributed by atoms with E-state index in [1.54, 1.807) is 11.3 Å². The van der Waals surface area contributed by atoms with Crippen molar-refractivity contribution in [1.29, 1.82) is 0 Å². The van der Waals surface area contributed by atoms with E-state index in [4.69, 9.17) is 0 Å². The Labute approximate surface area is 105 Å². The Morgan fingerprint density at radius 1 is 1.40 bits per heavy atom. The van der Waals surface area contributed by atoms with Crippen molar-refractivity contribution in [2.45, 2.75) is 39.7 Å². The van der Waals surface area contributed by atoms with Crippen molar-refractivity contribution in [2.24, 2.45) is 5.41 Å². The fraction of sp³-hybridized carbons (Fsp3) is 0.667. The lowest BCUT2D eigenvalue weighted by molar-refractivity contribution is 0.268. The van der Waals surface area contributed by atoms with Gasteiger partial charge in [-0.05, 0) is 52.2 Å². The highest BCUT2D eigenvalue weighted by Crippen LogP contribution is 2.26. The second-order valence-electron chi connectivity index (χ2n) is 4.99. The first-order chi connectivity index (χ1) is 6.95. The zero-order valence-electron chi connectivity index (χ0n) is 9.93. The van der Waals surface area contributed by atoms with Crippen LogP contribution in [0.25, 0.3) is 0 Å². The molecule has 0 amide bonds. The molecule has 0 spiro atoms. The van der Waals surface area contributed by atoms with Crippen LogP contribution in [-0.2, 0) is 6.42 Å². The molecule has 1 unspecified atom stereocenters. The molecule has 0 aliphatic carbocycles. The van der Waals surface area contributed by atoms with Gasteiger partial charge in [-0.1, -0.05) is 20.8 Å². The highest BCUT2D eigenvalue weighted by molar-refractivity contribution is 9.10. The van der Waals surface area contributed by atoms with Crippen LogP contribution in [-0.4, -0.2) is 13.1 Å². The predicted octanol–water partition coefficient (Wildman–Crippen LogP) is 4.08. The molecule has 86 valence electrons. The van der Waals surface area contributed by atoms with E-state index in [2.05, 4.69) is 59.8 Å². The molecule has 1 aromatic rings. The summed E-state index contributed by atoms with van der Waals surface area (Å²) in [5, 5.41) is 7.80. The Hall–Kier alpha value is 0.140. The van der Waals surface area contributed by atoms with Gasteiger partial charge >= 0.3 is 0 Å². The van der Waals surface area contributed by atoms with Crippen LogP contribution < -0.4 is 5.32 Å². The molecule has 1 heterocycles. The van der Waals surface area contributed by atoms with E-state index in [1.165, 1.54) is 16.5 Å². The van der Waals surface area contributed by atoms with E-state index in [-0.39, 0.29) is 0 Å². The molecule has 0 radical (unpaired) electrons. The van der Waals surface area contributed by atoms with E-state index < -0.39 is 0 Å². The van der Waals surface area contributed by atoms with Gasteiger partial charge in [0.2, 0.25) is 0 Å². The summed E-state index contributed by atoms with van der Waals surface area (Å²) in [6.07, 6.45) is 2.34. The summed E-state index contributed by atoms with van der Waals surface area (Å²) in [5.41, 5.74) is 1.77. The van der Waals surface area contributed by atoms with Crippen molar-refractivity contribution in [3.05, 3.63) is 20.8 Å². The van der Waals surface area contributed by atoms with Crippen LogP contribution in [0.5, 0.6) is 0 Å². The van der Waals surface area contributed by atoms with Gasteiger partial charge in [-0.25, -0.2) is 0 Å². The first kappa shape index (κ1) is 13.2. The molecule has 1 N–H and O–H groups in total. The SMILES string of the molecule is CNC(CCc1cscc1Br)C(C)(C)C. The third kappa shape index (κ3) is 3.89. The Morgan fingerprint density at radius 3 is 2.47 bits per heavy atom. The summed E-state index contributed by atoms with van der Waals surface area (Å²) in [6.45, 7) is 6.87. The minimum absolute atomic E-state index is 0.331. The fourth-order valence-corrected chi connectivity index (χ4v) is 3.33. The molecular weight excluding hydrogens is 270 g/mol. The molecule has 15 heavy (non-hydrogen) atoms. The van der Waals surface area contributed by atoms with Gasteiger partial charge in [-0.2, -0.15) is 11.3 Å². The largest absolute Gasteiger partial charge is 0.316 e. The van der Waals surface area contributed by atoms with Crippen molar-refractivity contribution in [3.8, 4) is 0 Å². The topological polar surface area (TPSA) is 12.0 Å². The zero-order valence-corrected chi connectivity index (χ0v) is 12.3. The Balaban J connectivity index is 2.52. The van der Waals surface area contributed by atoms with Crippen LogP contribution in [0.2, 0.25) is 0 Å². The van der Waals surface area contributed by atoms with Crippen molar-refractivity contribution in [1.82, 2.24) is 5.32 Å². The summed E-state index contributed by atoms with van der Waals surface area (Å²) >= 11 is 5.34. The number of thiophene rings is 1. The monoisotopic (exact) mass is 289 g/mol. The normalized spacial score (nSPS) is 14.2. The average molecular weight is 290 g/mol. The molecular formula is C12H20BrNS. The van der Waals surface area contributed by atoms with Crippen LogP contribution in [0.15, 0.2) is 15.2 Å². The van der Waals surface area contributed by atoms with Gasteiger partial charge < -0.3 is 5.32 Å². The molecule has 0 aliphatic heterocycles. The summed E-state index contributed by atoms with van der Waals surface area (Å²) in [5.74, 6) is 0. The molecule has 1 atom stereocenters. The van der Waals surface area contributed by atoms with E-state index in [0.717, 1.165) is 6.42 Å². The Bertz CT molecular complexity index is 301. The highest BCUT2D eigenvalue weighted by atomic mass is 79.9. The molecule has 1 nitrogen and oxygen atoms in total. The summed E-state index contributed by atoms with van der Waals surface area (Å²) in [4.78, 5) is 0. The summed E-state index contributed by atoms with van der Waals surface area (Å²) in [7, 11) is 2.05. The molecule has 0 saturated carbocycles. The summed E-state index contributed by atoms with van der Waals surface area (Å²) in [6, 6.07) is 0.573. The van der Waals surface area contributed by atoms with Crippen LogP contribution in [0, 0.1) is 5.41 Å². The van der Waals surface area contributed by atoms with Gasteiger partial charge in [0.05, 0.1) is 0 Å². The van der Waals surface area contributed by atoms with Crippen LogP contribution in [0.4, 0.5) is 0 Å². The molecule has 1 aromatic heterocycles. The molecule has 0 saturated heterocycles. The maximum atomic E-state index is 3.58. The molecule has 0 aliphatic rings. The van der Waals surface area contributed by atoms with Crippen molar-refractivity contribution >= 4 is 27.3 Å². The van der Waals surface area contributed by atoms with E-state index in [9.17, 15) is 0 Å². The zero-order chi connectivity index (χ0) is 11.5. The van der Waals surface area contributed by atoms with E-state index in [0.29, 0.717) is 11.5 Å². The smallest absolute Gasteiger partial charge is 0.0314 e. The number of nitrogens with one attached hydrogen (secondary N) is 1.